The lowest BCUT2D eigenvalue weighted by molar-refractivity contribution is 0.117. The van der Waals surface area contributed by atoms with Crippen molar-refractivity contribution in [1.82, 2.24) is 10.6 Å². The zero-order chi connectivity index (χ0) is 11.0. The van der Waals surface area contributed by atoms with Crippen molar-refractivity contribution in [2.24, 2.45) is 0 Å². The summed E-state index contributed by atoms with van der Waals surface area (Å²) in [7, 11) is 1.74. The molecule has 3 nitrogen and oxygen atoms in total. The van der Waals surface area contributed by atoms with E-state index < -0.39 is 0 Å². The summed E-state index contributed by atoms with van der Waals surface area (Å²) < 4.78 is 5.14. The van der Waals surface area contributed by atoms with Gasteiger partial charge in [0.1, 0.15) is 0 Å². The molecule has 2 N–H and O–H groups in total. The van der Waals surface area contributed by atoms with Gasteiger partial charge in [-0.2, -0.15) is 0 Å². The summed E-state index contributed by atoms with van der Waals surface area (Å²) >= 11 is 0. The third kappa shape index (κ3) is 7.30. The van der Waals surface area contributed by atoms with E-state index >= 15 is 0 Å². The monoisotopic (exact) mass is 202 g/mol. The fourth-order valence-electron chi connectivity index (χ4n) is 1.00. The summed E-state index contributed by atoms with van der Waals surface area (Å²) in [5.74, 6) is 0. The summed E-state index contributed by atoms with van der Waals surface area (Å²) in [6.45, 7) is 11.7. The first-order valence-electron chi connectivity index (χ1n) is 5.50. The fraction of sp³-hybridized carbons (Fsp3) is 1.00. The topological polar surface area (TPSA) is 33.3 Å². The molecular weight excluding hydrogens is 176 g/mol. The molecule has 0 aliphatic rings. The Kier molecular flexibility index (Phi) is 7.15. The number of methoxy groups -OCH3 is 1. The minimum absolute atomic E-state index is 0.258. The van der Waals surface area contributed by atoms with Crippen LogP contribution in [-0.4, -0.2) is 38.4 Å². The van der Waals surface area contributed by atoms with Crippen molar-refractivity contribution in [2.75, 3.05) is 26.7 Å². The Hall–Kier alpha value is -0.120. The number of ether oxygens (including phenoxy) is 1. The van der Waals surface area contributed by atoms with Gasteiger partial charge in [0.2, 0.25) is 0 Å². The Labute approximate surface area is 88.6 Å². The van der Waals surface area contributed by atoms with Crippen molar-refractivity contribution in [1.29, 1.82) is 0 Å². The maximum absolute atomic E-state index is 5.14. The van der Waals surface area contributed by atoms with Gasteiger partial charge in [-0.3, -0.25) is 0 Å². The summed E-state index contributed by atoms with van der Waals surface area (Å²) in [6, 6.07) is 0. The number of hydrogen-bond donors (Lipinski definition) is 2. The maximum atomic E-state index is 5.14. The van der Waals surface area contributed by atoms with Crippen molar-refractivity contribution in [3.63, 3.8) is 0 Å². The Morgan fingerprint density at radius 2 is 1.93 bits per heavy atom. The summed E-state index contributed by atoms with van der Waals surface area (Å²) in [4.78, 5) is 0. The second-order valence-electron chi connectivity index (χ2n) is 4.41. The second kappa shape index (κ2) is 7.21. The zero-order valence-electron chi connectivity index (χ0n) is 10.3. The first kappa shape index (κ1) is 13.9. The Bertz CT molecular complexity index is 137. The Balaban J connectivity index is 3.30. The molecule has 0 fully saturated rings. The van der Waals surface area contributed by atoms with E-state index in [1.54, 1.807) is 7.11 Å². The van der Waals surface area contributed by atoms with Crippen LogP contribution < -0.4 is 10.6 Å². The third-order valence-electron chi connectivity index (χ3n) is 2.62. The van der Waals surface area contributed by atoms with Crippen LogP contribution in [0.25, 0.3) is 0 Å². The van der Waals surface area contributed by atoms with Crippen LogP contribution in [-0.2, 0) is 4.74 Å². The van der Waals surface area contributed by atoms with Crippen molar-refractivity contribution in [2.45, 2.75) is 45.8 Å². The highest BCUT2D eigenvalue weighted by atomic mass is 16.5. The van der Waals surface area contributed by atoms with Crippen LogP contribution in [0.15, 0.2) is 0 Å². The molecule has 3 heteroatoms. The normalized spacial score (nSPS) is 14.4. The Morgan fingerprint density at radius 3 is 2.43 bits per heavy atom. The van der Waals surface area contributed by atoms with E-state index in [4.69, 9.17) is 4.74 Å². The van der Waals surface area contributed by atoms with Crippen LogP contribution >= 0.6 is 0 Å². The van der Waals surface area contributed by atoms with Crippen molar-refractivity contribution < 1.29 is 4.74 Å². The van der Waals surface area contributed by atoms with Gasteiger partial charge in [0.15, 0.2) is 0 Å². The van der Waals surface area contributed by atoms with Crippen LogP contribution in [0.4, 0.5) is 0 Å². The molecule has 0 aliphatic carbocycles. The van der Waals surface area contributed by atoms with Gasteiger partial charge in [-0.05, 0) is 27.2 Å². The molecule has 86 valence electrons. The molecule has 14 heavy (non-hydrogen) atoms. The van der Waals surface area contributed by atoms with E-state index in [0.717, 1.165) is 26.1 Å². The molecule has 1 unspecified atom stereocenters. The van der Waals surface area contributed by atoms with Crippen molar-refractivity contribution in [3.05, 3.63) is 0 Å². The first-order valence-corrected chi connectivity index (χ1v) is 5.50. The fourth-order valence-corrected chi connectivity index (χ4v) is 1.00. The van der Waals surface area contributed by atoms with Gasteiger partial charge in [-0.25, -0.2) is 0 Å². The van der Waals surface area contributed by atoms with E-state index in [9.17, 15) is 0 Å². The molecule has 1 atom stereocenters. The highest BCUT2D eigenvalue weighted by Crippen LogP contribution is 2.05. The quantitative estimate of drug-likeness (QED) is 0.584. The molecule has 0 rings (SSSR count). The minimum atomic E-state index is 0.258. The molecule has 0 saturated heterocycles. The molecular formula is C11H26N2O. The van der Waals surface area contributed by atoms with E-state index in [2.05, 4.69) is 38.3 Å². The molecule has 0 amide bonds. The van der Waals surface area contributed by atoms with Gasteiger partial charge in [-0.1, -0.05) is 6.92 Å². The van der Waals surface area contributed by atoms with E-state index in [-0.39, 0.29) is 5.54 Å². The van der Waals surface area contributed by atoms with Gasteiger partial charge < -0.3 is 15.4 Å². The number of hydrogen-bond acceptors (Lipinski definition) is 3. The summed E-state index contributed by atoms with van der Waals surface area (Å²) in [5, 5.41) is 6.84. The van der Waals surface area contributed by atoms with Gasteiger partial charge in [0.05, 0.1) is 6.10 Å². The lowest BCUT2D eigenvalue weighted by Crippen LogP contribution is -2.43. The van der Waals surface area contributed by atoms with Gasteiger partial charge in [0.25, 0.3) is 0 Å². The predicted molar refractivity (Wildman–Crippen MR) is 61.7 cm³/mol. The molecule has 0 spiro atoms. The molecule has 0 aromatic rings. The van der Waals surface area contributed by atoms with Gasteiger partial charge in [-0.15, -0.1) is 0 Å². The lowest BCUT2D eigenvalue weighted by atomic mass is 10.0. The second-order valence-corrected chi connectivity index (χ2v) is 4.41. The van der Waals surface area contributed by atoms with E-state index in [0.29, 0.717) is 6.10 Å². The largest absolute Gasteiger partial charge is 0.380 e. The molecule has 0 heterocycles. The molecule has 0 aliphatic heterocycles. The van der Waals surface area contributed by atoms with Crippen LogP contribution in [0.3, 0.4) is 0 Å². The minimum Gasteiger partial charge on any atom is -0.380 e. The van der Waals surface area contributed by atoms with Crippen LogP contribution in [0.2, 0.25) is 0 Å². The molecule has 0 radical (unpaired) electrons. The van der Waals surface area contributed by atoms with E-state index in [1.165, 1.54) is 0 Å². The lowest BCUT2D eigenvalue weighted by Gasteiger charge is -2.24. The zero-order valence-corrected chi connectivity index (χ0v) is 10.3. The average Bonchev–Trinajstić information content (AvgIpc) is 2.17. The third-order valence-corrected chi connectivity index (χ3v) is 2.62. The van der Waals surface area contributed by atoms with Gasteiger partial charge in [0, 0.05) is 32.3 Å². The smallest absolute Gasteiger partial charge is 0.0667 e. The number of nitrogens with one attached hydrogen (secondary N) is 2. The van der Waals surface area contributed by atoms with Crippen molar-refractivity contribution in [3.8, 4) is 0 Å². The molecule has 0 aromatic carbocycles. The molecule has 0 bridgehead atoms. The van der Waals surface area contributed by atoms with Crippen molar-refractivity contribution >= 4 is 0 Å². The van der Waals surface area contributed by atoms with Crippen LogP contribution in [0.1, 0.15) is 34.1 Å². The molecule has 0 saturated carbocycles. The number of rotatable bonds is 8. The Morgan fingerprint density at radius 1 is 1.29 bits per heavy atom. The van der Waals surface area contributed by atoms with Crippen LogP contribution in [0.5, 0.6) is 0 Å². The highest BCUT2D eigenvalue weighted by Gasteiger charge is 2.12. The summed E-state index contributed by atoms with van der Waals surface area (Å²) in [5.41, 5.74) is 0.258. The highest BCUT2D eigenvalue weighted by molar-refractivity contribution is 4.75. The van der Waals surface area contributed by atoms with Crippen LogP contribution in [0, 0.1) is 0 Å². The maximum Gasteiger partial charge on any atom is 0.0667 e. The predicted octanol–water partition coefficient (Wildman–Crippen LogP) is 1.39. The standard InChI is InChI=1S/C11H26N2O/c1-6-11(3,4)13-8-7-12-9-10(2)14-5/h10,12-13H,6-9H2,1-5H3. The SMILES string of the molecule is CCC(C)(C)NCCNCC(C)OC. The van der Waals surface area contributed by atoms with Gasteiger partial charge >= 0.3 is 0 Å². The molecule has 0 aromatic heterocycles. The first-order chi connectivity index (χ1) is 6.52. The average molecular weight is 202 g/mol. The summed E-state index contributed by atoms with van der Waals surface area (Å²) in [6.07, 6.45) is 1.45. The van der Waals surface area contributed by atoms with E-state index in [1.807, 2.05) is 0 Å².